The number of halogens is 1. The SMILES string of the molecule is COc1ccc(C(=O)Oc2ccc3c(c2)O/C(=C/c2cccc(Cl)c2)C3=O)cc1. The Hall–Kier alpha value is -3.57. The highest BCUT2D eigenvalue weighted by molar-refractivity contribution is 6.30. The van der Waals surface area contributed by atoms with E-state index in [4.69, 9.17) is 25.8 Å². The molecule has 3 aromatic carbocycles. The number of fused-ring (bicyclic) bond motifs is 1. The lowest BCUT2D eigenvalue weighted by atomic mass is 10.1. The summed E-state index contributed by atoms with van der Waals surface area (Å²) >= 11 is 5.98. The summed E-state index contributed by atoms with van der Waals surface area (Å²) in [6.45, 7) is 0. The van der Waals surface area contributed by atoms with Gasteiger partial charge in [-0.3, -0.25) is 4.79 Å². The predicted molar refractivity (Wildman–Crippen MR) is 109 cm³/mol. The van der Waals surface area contributed by atoms with Crippen LogP contribution in [-0.2, 0) is 0 Å². The van der Waals surface area contributed by atoms with Crippen LogP contribution in [0.2, 0.25) is 5.02 Å². The third-order valence-corrected chi connectivity index (χ3v) is 4.56. The number of esters is 1. The second-order valence-electron chi connectivity index (χ2n) is 6.27. The number of ether oxygens (including phenoxy) is 3. The van der Waals surface area contributed by atoms with E-state index >= 15 is 0 Å². The van der Waals surface area contributed by atoms with Crippen molar-refractivity contribution in [3.63, 3.8) is 0 Å². The molecule has 0 saturated heterocycles. The molecule has 1 aliphatic rings. The Morgan fingerprint density at radius 2 is 1.76 bits per heavy atom. The molecule has 0 aromatic heterocycles. The summed E-state index contributed by atoms with van der Waals surface area (Å²) in [5.74, 6) is 0.676. The summed E-state index contributed by atoms with van der Waals surface area (Å²) in [6, 6.07) is 18.3. The number of methoxy groups -OCH3 is 1. The van der Waals surface area contributed by atoms with Crippen molar-refractivity contribution in [3.8, 4) is 17.2 Å². The summed E-state index contributed by atoms with van der Waals surface area (Å²) in [5.41, 5.74) is 1.53. The number of hydrogen-bond donors (Lipinski definition) is 0. The van der Waals surface area contributed by atoms with Gasteiger partial charge in [-0.05, 0) is 60.2 Å². The number of carbonyl (C=O) groups excluding carboxylic acids is 2. The molecule has 5 nitrogen and oxygen atoms in total. The predicted octanol–water partition coefficient (Wildman–Crippen LogP) is 5.18. The Kier molecular flexibility index (Phi) is 5.06. The maximum absolute atomic E-state index is 12.6. The molecule has 0 saturated carbocycles. The maximum Gasteiger partial charge on any atom is 0.343 e. The molecule has 0 unspecified atom stereocenters. The molecule has 0 bridgehead atoms. The largest absolute Gasteiger partial charge is 0.497 e. The number of Topliss-reactive ketones (excluding diaryl/α,β-unsaturated/α-hetero) is 1. The molecule has 0 amide bonds. The number of carbonyl (C=O) groups is 2. The molecule has 1 heterocycles. The van der Waals surface area contributed by atoms with Gasteiger partial charge in [-0.15, -0.1) is 0 Å². The highest BCUT2D eigenvalue weighted by Crippen LogP contribution is 2.35. The van der Waals surface area contributed by atoms with E-state index in [0.717, 1.165) is 5.56 Å². The van der Waals surface area contributed by atoms with Crippen molar-refractivity contribution in [2.24, 2.45) is 0 Å². The number of allylic oxidation sites excluding steroid dienone is 1. The van der Waals surface area contributed by atoms with E-state index in [1.165, 1.54) is 6.07 Å². The Labute approximate surface area is 172 Å². The highest BCUT2D eigenvalue weighted by atomic mass is 35.5. The molecule has 0 aliphatic carbocycles. The van der Waals surface area contributed by atoms with Gasteiger partial charge in [0.25, 0.3) is 0 Å². The van der Waals surface area contributed by atoms with Crippen molar-refractivity contribution >= 4 is 29.4 Å². The van der Waals surface area contributed by atoms with Crippen LogP contribution in [0.4, 0.5) is 0 Å². The van der Waals surface area contributed by atoms with Crippen LogP contribution in [0.15, 0.2) is 72.5 Å². The quantitative estimate of drug-likeness (QED) is 0.339. The fourth-order valence-corrected chi connectivity index (χ4v) is 3.07. The summed E-state index contributed by atoms with van der Waals surface area (Å²) < 4.78 is 16.2. The zero-order valence-corrected chi connectivity index (χ0v) is 16.1. The van der Waals surface area contributed by atoms with Crippen LogP contribution in [-0.4, -0.2) is 18.9 Å². The number of rotatable bonds is 4. The highest BCUT2D eigenvalue weighted by Gasteiger charge is 2.28. The minimum Gasteiger partial charge on any atom is -0.497 e. The van der Waals surface area contributed by atoms with Gasteiger partial charge in [0.05, 0.1) is 18.2 Å². The smallest absolute Gasteiger partial charge is 0.343 e. The normalized spacial score (nSPS) is 13.7. The van der Waals surface area contributed by atoms with Crippen LogP contribution in [0.25, 0.3) is 6.08 Å². The molecule has 0 fully saturated rings. The summed E-state index contributed by atoms with van der Waals surface area (Å²) in [4.78, 5) is 24.9. The Bertz CT molecular complexity index is 1130. The van der Waals surface area contributed by atoms with Gasteiger partial charge in [-0.1, -0.05) is 23.7 Å². The van der Waals surface area contributed by atoms with Gasteiger partial charge >= 0.3 is 5.97 Å². The topological polar surface area (TPSA) is 61.8 Å². The van der Waals surface area contributed by atoms with Crippen molar-refractivity contribution in [1.29, 1.82) is 0 Å². The molecule has 3 aromatic rings. The monoisotopic (exact) mass is 406 g/mol. The first-order valence-electron chi connectivity index (χ1n) is 8.73. The van der Waals surface area contributed by atoms with Crippen molar-refractivity contribution in [3.05, 3.63) is 94.2 Å². The molecule has 0 atom stereocenters. The second-order valence-corrected chi connectivity index (χ2v) is 6.71. The lowest BCUT2D eigenvalue weighted by molar-refractivity contribution is 0.0734. The lowest BCUT2D eigenvalue weighted by Gasteiger charge is -2.06. The average molecular weight is 407 g/mol. The molecule has 29 heavy (non-hydrogen) atoms. The van der Waals surface area contributed by atoms with Crippen molar-refractivity contribution in [2.75, 3.05) is 7.11 Å². The standard InChI is InChI=1S/C23H15ClO5/c1-27-17-7-5-15(6-8-17)23(26)28-18-9-10-19-20(13-18)29-21(22(19)25)12-14-3-2-4-16(24)11-14/h2-13H,1H3/b21-12+. The Morgan fingerprint density at radius 1 is 1.00 bits per heavy atom. The van der Waals surface area contributed by atoms with Gasteiger partial charge in [0.2, 0.25) is 5.78 Å². The molecule has 6 heteroatoms. The van der Waals surface area contributed by atoms with Gasteiger partial charge in [0.15, 0.2) is 5.76 Å². The molecular weight excluding hydrogens is 392 g/mol. The van der Waals surface area contributed by atoms with Crippen molar-refractivity contribution < 1.29 is 23.8 Å². The number of hydrogen-bond acceptors (Lipinski definition) is 5. The minimum atomic E-state index is -0.522. The fraction of sp³-hybridized carbons (Fsp3) is 0.0435. The molecule has 144 valence electrons. The van der Waals surface area contributed by atoms with E-state index in [-0.39, 0.29) is 17.3 Å². The van der Waals surface area contributed by atoms with Crippen molar-refractivity contribution in [1.82, 2.24) is 0 Å². The number of ketones is 1. The van der Waals surface area contributed by atoms with Crippen molar-refractivity contribution in [2.45, 2.75) is 0 Å². The fourth-order valence-electron chi connectivity index (χ4n) is 2.87. The summed E-state index contributed by atoms with van der Waals surface area (Å²) in [6.07, 6.45) is 1.62. The first-order chi connectivity index (χ1) is 14.0. The molecule has 0 spiro atoms. The van der Waals surface area contributed by atoms with Gasteiger partial charge in [-0.2, -0.15) is 0 Å². The summed E-state index contributed by atoms with van der Waals surface area (Å²) in [7, 11) is 1.55. The molecule has 4 rings (SSSR count). The van der Waals surface area contributed by atoms with E-state index in [2.05, 4.69) is 0 Å². The lowest BCUT2D eigenvalue weighted by Crippen LogP contribution is -2.08. The first kappa shape index (κ1) is 18.8. The Morgan fingerprint density at radius 3 is 2.48 bits per heavy atom. The third-order valence-electron chi connectivity index (χ3n) is 4.32. The molecular formula is C23H15ClO5. The van der Waals surface area contributed by atoms with E-state index in [9.17, 15) is 9.59 Å². The van der Waals surface area contributed by atoms with Gasteiger partial charge in [0.1, 0.15) is 17.2 Å². The first-order valence-corrected chi connectivity index (χ1v) is 9.11. The molecule has 0 radical (unpaired) electrons. The van der Waals surface area contributed by atoms with Crippen LogP contribution in [0.1, 0.15) is 26.3 Å². The maximum atomic E-state index is 12.6. The van der Waals surface area contributed by atoms with Gasteiger partial charge in [-0.25, -0.2) is 4.79 Å². The van der Waals surface area contributed by atoms with Gasteiger partial charge in [0, 0.05) is 11.1 Å². The number of benzene rings is 3. The van der Waals surface area contributed by atoms with E-state index < -0.39 is 5.97 Å². The second kappa shape index (κ2) is 7.81. The minimum absolute atomic E-state index is 0.181. The molecule has 0 N–H and O–H groups in total. The zero-order valence-electron chi connectivity index (χ0n) is 15.3. The van der Waals surface area contributed by atoms with Crippen LogP contribution in [0.5, 0.6) is 17.2 Å². The van der Waals surface area contributed by atoms with E-state index in [0.29, 0.717) is 27.6 Å². The average Bonchev–Trinajstić information content (AvgIpc) is 3.03. The van der Waals surface area contributed by atoms with Gasteiger partial charge < -0.3 is 14.2 Å². The van der Waals surface area contributed by atoms with Crippen LogP contribution in [0, 0.1) is 0 Å². The van der Waals surface area contributed by atoms with Crippen LogP contribution in [0.3, 0.4) is 0 Å². The van der Waals surface area contributed by atoms with E-state index in [1.54, 1.807) is 67.8 Å². The van der Waals surface area contributed by atoms with Crippen LogP contribution >= 0.6 is 11.6 Å². The molecule has 1 aliphatic heterocycles. The van der Waals surface area contributed by atoms with E-state index in [1.807, 2.05) is 6.07 Å². The van der Waals surface area contributed by atoms with Crippen LogP contribution < -0.4 is 14.2 Å². The zero-order chi connectivity index (χ0) is 20.4. The third kappa shape index (κ3) is 4.00. The summed E-state index contributed by atoms with van der Waals surface area (Å²) in [5, 5.41) is 0.565. The Balaban J connectivity index is 1.53.